The number of benzene rings is 1. The zero-order valence-electron chi connectivity index (χ0n) is 12.0. The van der Waals surface area contributed by atoms with Gasteiger partial charge in [0.05, 0.1) is 5.69 Å². The van der Waals surface area contributed by atoms with Crippen LogP contribution in [0.3, 0.4) is 0 Å². The van der Waals surface area contributed by atoms with E-state index in [2.05, 4.69) is 15.4 Å². The molecule has 3 aromatic rings. The molecule has 2 heterocycles. The summed E-state index contributed by atoms with van der Waals surface area (Å²) in [5, 5.41) is 8.52. The maximum absolute atomic E-state index is 13.7. The van der Waals surface area contributed by atoms with Gasteiger partial charge in [0.2, 0.25) is 0 Å². The highest BCUT2D eigenvalue weighted by Gasteiger charge is 2.17. The second-order valence-corrected chi connectivity index (χ2v) is 5.67. The first-order valence-electron chi connectivity index (χ1n) is 6.75. The topological polar surface area (TPSA) is 59.8 Å². The molecule has 0 saturated heterocycles. The number of amides is 1. The molecule has 0 bridgehead atoms. The van der Waals surface area contributed by atoms with Crippen LogP contribution in [0.4, 0.5) is 13.9 Å². The van der Waals surface area contributed by atoms with E-state index in [0.717, 1.165) is 29.5 Å². The minimum atomic E-state index is -0.570. The number of hydrogen-bond acceptors (Lipinski definition) is 4. The number of hydrogen-bond donors (Lipinski definition) is 1. The quantitative estimate of drug-likeness (QED) is 0.794. The van der Waals surface area contributed by atoms with Gasteiger partial charge >= 0.3 is 0 Å². The minimum absolute atomic E-state index is 0.0573. The monoisotopic (exact) mass is 334 g/mol. The van der Waals surface area contributed by atoms with Gasteiger partial charge in [0.1, 0.15) is 17.7 Å². The minimum Gasteiger partial charge on any atom is -0.300 e. The summed E-state index contributed by atoms with van der Waals surface area (Å²) in [5.74, 6) is -1.42. The van der Waals surface area contributed by atoms with Crippen molar-refractivity contribution < 1.29 is 13.6 Å². The van der Waals surface area contributed by atoms with E-state index in [1.165, 1.54) is 4.68 Å². The summed E-state index contributed by atoms with van der Waals surface area (Å²) in [6.07, 6.45) is 3.26. The number of nitrogens with zero attached hydrogens (tertiary/aromatic N) is 3. The molecule has 0 aliphatic rings. The molecular formula is C15H12F2N4OS. The number of thiazole rings is 1. The van der Waals surface area contributed by atoms with E-state index in [0.29, 0.717) is 5.13 Å². The second kappa shape index (κ2) is 6.25. The van der Waals surface area contributed by atoms with Crippen LogP contribution in [0.1, 0.15) is 13.0 Å². The Morgan fingerprint density at radius 2 is 2.22 bits per heavy atom. The lowest BCUT2D eigenvalue weighted by atomic mass is 10.1. The van der Waals surface area contributed by atoms with Crippen LogP contribution in [0, 0.1) is 11.6 Å². The van der Waals surface area contributed by atoms with E-state index in [1.807, 2.05) is 0 Å². The highest BCUT2D eigenvalue weighted by atomic mass is 32.1. The smallest absolute Gasteiger partial charge is 0.250 e. The molecule has 1 N–H and O–H groups in total. The Kier molecular flexibility index (Phi) is 4.16. The van der Waals surface area contributed by atoms with E-state index < -0.39 is 17.7 Å². The summed E-state index contributed by atoms with van der Waals surface area (Å²) < 4.78 is 28.5. The largest absolute Gasteiger partial charge is 0.300 e. The molecule has 5 nitrogen and oxygen atoms in total. The average Bonchev–Trinajstić information content (AvgIpc) is 3.20. The summed E-state index contributed by atoms with van der Waals surface area (Å²) in [6.45, 7) is 1.70. The molecule has 0 spiro atoms. The van der Waals surface area contributed by atoms with Gasteiger partial charge in [0.15, 0.2) is 5.13 Å². The third-order valence-electron chi connectivity index (χ3n) is 3.24. The Labute approximate surface area is 134 Å². The Bertz CT molecular complexity index is 832. The number of carbonyl (C=O) groups excluding carboxylic acids is 1. The third-order valence-corrected chi connectivity index (χ3v) is 4.00. The third kappa shape index (κ3) is 3.26. The van der Waals surface area contributed by atoms with Crippen LogP contribution < -0.4 is 5.32 Å². The lowest BCUT2D eigenvalue weighted by Gasteiger charge is -2.10. The second-order valence-electron chi connectivity index (χ2n) is 4.81. The molecular weight excluding hydrogens is 322 g/mol. The van der Waals surface area contributed by atoms with Crippen molar-refractivity contribution in [3.8, 4) is 11.3 Å². The van der Waals surface area contributed by atoms with Crippen LogP contribution in [-0.4, -0.2) is 20.7 Å². The summed E-state index contributed by atoms with van der Waals surface area (Å²) in [7, 11) is 0. The van der Waals surface area contributed by atoms with Crippen LogP contribution in [-0.2, 0) is 4.79 Å². The lowest BCUT2D eigenvalue weighted by molar-refractivity contribution is -0.119. The van der Waals surface area contributed by atoms with Gasteiger partial charge in [0.25, 0.3) is 5.91 Å². The van der Waals surface area contributed by atoms with Crippen molar-refractivity contribution in [2.45, 2.75) is 13.0 Å². The Hall–Kier alpha value is -2.61. The Morgan fingerprint density at radius 3 is 2.96 bits per heavy atom. The Balaban J connectivity index is 1.77. The SMILES string of the molecule is CC(C(=O)Nc1nc(-c2cc(F)ccc2F)cs1)n1cccn1. The van der Waals surface area contributed by atoms with E-state index in [1.54, 1.807) is 30.8 Å². The lowest BCUT2D eigenvalue weighted by Crippen LogP contribution is -2.23. The van der Waals surface area contributed by atoms with Gasteiger partial charge in [-0.1, -0.05) is 0 Å². The van der Waals surface area contributed by atoms with Crippen LogP contribution in [0.15, 0.2) is 42.0 Å². The zero-order valence-corrected chi connectivity index (χ0v) is 12.8. The van der Waals surface area contributed by atoms with Crippen LogP contribution in [0.25, 0.3) is 11.3 Å². The number of nitrogens with one attached hydrogen (secondary N) is 1. The molecule has 1 aromatic carbocycles. The number of rotatable bonds is 4. The van der Waals surface area contributed by atoms with Crippen LogP contribution >= 0.6 is 11.3 Å². The molecule has 23 heavy (non-hydrogen) atoms. The van der Waals surface area contributed by atoms with E-state index in [9.17, 15) is 13.6 Å². The van der Waals surface area contributed by atoms with E-state index in [4.69, 9.17) is 0 Å². The molecule has 3 rings (SSSR count). The molecule has 0 radical (unpaired) electrons. The van der Waals surface area contributed by atoms with E-state index >= 15 is 0 Å². The van der Waals surface area contributed by atoms with Gasteiger partial charge in [-0.25, -0.2) is 13.8 Å². The Morgan fingerprint density at radius 1 is 1.39 bits per heavy atom. The molecule has 1 amide bonds. The van der Waals surface area contributed by atoms with Crippen molar-refractivity contribution in [1.82, 2.24) is 14.8 Å². The maximum atomic E-state index is 13.7. The van der Waals surface area contributed by atoms with Crippen molar-refractivity contribution in [3.05, 3.63) is 53.7 Å². The summed E-state index contributed by atoms with van der Waals surface area (Å²) in [4.78, 5) is 16.3. The van der Waals surface area contributed by atoms with Gasteiger partial charge in [-0.15, -0.1) is 11.3 Å². The molecule has 2 aromatic heterocycles. The number of aromatic nitrogens is 3. The molecule has 1 atom stereocenters. The van der Waals surface area contributed by atoms with Gasteiger partial charge in [-0.05, 0) is 31.2 Å². The predicted octanol–water partition coefficient (Wildman–Crippen LogP) is 3.48. The average molecular weight is 334 g/mol. The highest BCUT2D eigenvalue weighted by molar-refractivity contribution is 7.14. The van der Waals surface area contributed by atoms with Gasteiger partial charge in [-0.2, -0.15) is 5.10 Å². The predicted molar refractivity (Wildman–Crippen MR) is 83.0 cm³/mol. The van der Waals surface area contributed by atoms with Gasteiger partial charge < -0.3 is 5.32 Å². The fourth-order valence-corrected chi connectivity index (χ4v) is 2.70. The molecule has 118 valence electrons. The van der Waals surface area contributed by atoms with E-state index in [-0.39, 0.29) is 17.2 Å². The fourth-order valence-electron chi connectivity index (χ4n) is 1.99. The molecule has 0 aliphatic carbocycles. The summed E-state index contributed by atoms with van der Waals surface area (Å²) in [5.41, 5.74) is 0.330. The molecule has 1 unspecified atom stereocenters. The highest BCUT2D eigenvalue weighted by Crippen LogP contribution is 2.28. The standard InChI is InChI=1S/C15H12F2N4OS/c1-9(21-6-2-5-18-21)14(22)20-15-19-13(8-23-15)11-7-10(16)3-4-12(11)17/h2-9H,1H3,(H,19,20,22). The summed E-state index contributed by atoms with van der Waals surface area (Å²) in [6, 6.07) is 4.37. The van der Waals surface area contributed by atoms with Crippen molar-refractivity contribution in [2.24, 2.45) is 0 Å². The van der Waals surface area contributed by atoms with Crippen molar-refractivity contribution in [1.29, 1.82) is 0 Å². The van der Waals surface area contributed by atoms with Crippen molar-refractivity contribution in [3.63, 3.8) is 0 Å². The molecule has 0 saturated carbocycles. The zero-order chi connectivity index (χ0) is 16.4. The van der Waals surface area contributed by atoms with Crippen molar-refractivity contribution >= 4 is 22.4 Å². The fraction of sp³-hybridized carbons (Fsp3) is 0.133. The van der Waals surface area contributed by atoms with Crippen LogP contribution in [0.2, 0.25) is 0 Å². The van der Waals surface area contributed by atoms with Crippen molar-refractivity contribution in [2.75, 3.05) is 5.32 Å². The number of anilines is 1. The first kappa shape index (κ1) is 15.3. The molecule has 0 fully saturated rings. The summed E-state index contributed by atoms with van der Waals surface area (Å²) >= 11 is 1.14. The molecule has 0 aliphatic heterocycles. The van der Waals surface area contributed by atoms with Gasteiger partial charge in [0, 0.05) is 23.3 Å². The number of carbonyl (C=O) groups is 1. The first-order chi connectivity index (χ1) is 11.0. The van der Waals surface area contributed by atoms with Crippen LogP contribution in [0.5, 0.6) is 0 Å². The first-order valence-corrected chi connectivity index (χ1v) is 7.63. The van der Waals surface area contributed by atoms with Gasteiger partial charge in [-0.3, -0.25) is 9.48 Å². The molecule has 8 heteroatoms. The number of halogens is 2. The maximum Gasteiger partial charge on any atom is 0.250 e. The normalized spacial score (nSPS) is 12.1.